The van der Waals surface area contributed by atoms with Gasteiger partial charge in [0, 0.05) is 19.5 Å². The van der Waals surface area contributed by atoms with Gasteiger partial charge in [0.25, 0.3) is 0 Å². The molecule has 25 heavy (non-hydrogen) atoms. The maximum atomic E-state index is 12.8. The maximum absolute atomic E-state index is 12.8. The Morgan fingerprint density at radius 1 is 1.12 bits per heavy atom. The smallest absolute Gasteiger partial charge is 0.309 e. The van der Waals surface area contributed by atoms with Crippen molar-refractivity contribution in [2.75, 3.05) is 19.7 Å². The van der Waals surface area contributed by atoms with Gasteiger partial charge in [-0.3, -0.25) is 9.59 Å². The predicted molar refractivity (Wildman–Crippen MR) is 96.9 cm³/mol. The van der Waals surface area contributed by atoms with Crippen LogP contribution in [0.3, 0.4) is 0 Å². The molecule has 2 aliphatic rings. The Hall–Kier alpha value is -1.84. The minimum absolute atomic E-state index is 0.114. The zero-order valence-electron chi connectivity index (χ0n) is 15.2. The number of nitrogens with zero attached hydrogens (tertiary/aromatic N) is 1. The van der Waals surface area contributed by atoms with Crippen LogP contribution >= 0.6 is 0 Å². The molecule has 1 unspecified atom stereocenters. The molecule has 2 fully saturated rings. The molecule has 1 aromatic rings. The number of hydrogen-bond acceptors (Lipinski definition) is 3. The summed E-state index contributed by atoms with van der Waals surface area (Å²) >= 11 is 0. The summed E-state index contributed by atoms with van der Waals surface area (Å²) in [5.41, 5.74) is 1.07. The molecule has 136 valence electrons. The largest absolute Gasteiger partial charge is 0.466 e. The second kappa shape index (κ2) is 8.50. The van der Waals surface area contributed by atoms with Gasteiger partial charge in [0.1, 0.15) is 0 Å². The zero-order chi connectivity index (χ0) is 17.6. The average molecular weight is 343 g/mol. The monoisotopic (exact) mass is 343 g/mol. The lowest BCUT2D eigenvalue weighted by molar-refractivity contribution is -0.151. The van der Waals surface area contributed by atoms with Crippen LogP contribution in [0.25, 0.3) is 0 Å². The minimum Gasteiger partial charge on any atom is -0.466 e. The van der Waals surface area contributed by atoms with Crippen molar-refractivity contribution in [1.29, 1.82) is 0 Å². The van der Waals surface area contributed by atoms with Crippen molar-refractivity contribution < 1.29 is 14.3 Å². The standard InChI is InChI=1S/C21H29NO3/c1-2-25-21(24)19(12-16-8-4-3-5-9-16)13-20(23)22-14-17-10-6-7-11-18(17)15-22/h3-5,8-9,17-19H,2,6-7,10-15H2,1H3/t17-,18+,19?. The zero-order valence-corrected chi connectivity index (χ0v) is 15.2. The van der Waals surface area contributed by atoms with Crippen molar-refractivity contribution >= 4 is 11.9 Å². The first-order valence-corrected chi connectivity index (χ1v) is 9.65. The highest BCUT2D eigenvalue weighted by molar-refractivity contribution is 5.83. The minimum atomic E-state index is -0.391. The molecular formula is C21H29NO3. The number of likely N-dealkylation sites (tertiary alicyclic amines) is 1. The first-order chi connectivity index (χ1) is 12.2. The highest BCUT2D eigenvalue weighted by Gasteiger charge is 2.37. The van der Waals surface area contributed by atoms with Crippen LogP contribution in [-0.2, 0) is 20.7 Å². The highest BCUT2D eigenvalue weighted by atomic mass is 16.5. The molecule has 3 atom stereocenters. The predicted octanol–water partition coefficient (Wildman–Crippen LogP) is 3.45. The number of amides is 1. The van der Waals surface area contributed by atoms with E-state index in [0.717, 1.165) is 18.7 Å². The van der Waals surface area contributed by atoms with Crippen molar-refractivity contribution in [3.05, 3.63) is 35.9 Å². The van der Waals surface area contributed by atoms with E-state index in [9.17, 15) is 9.59 Å². The summed E-state index contributed by atoms with van der Waals surface area (Å²) in [5, 5.41) is 0. The van der Waals surface area contributed by atoms with Crippen LogP contribution in [0.15, 0.2) is 30.3 Å². The van der Waals surface area contributed by atoms with Gasteiger partial charge in [-0.25, -0.2) is 0 Å². The summed E-state index contributed by atoms with van der Waals surface area (Å²) in [7, 11) is 0. The van der Waals surface area contributed by atoms with Gasteiger partial charge in [-0.2, -0.15) is 0 Å². The molecular weight excluding hydrogens is 314 g/mol. The van der Waals surface area contributed by atoms with E-state index in [-0.39, 0.29) is 18.3 Å². The first-order valence-electron chi connectivity index (χ1n) is 9.65. The molecule has 4 heteroatoms. The van der Waals surface area contributed by atoms with Crippen molar-refractivity contribution in [1.82, 2.24) is 4.90 Å². The lowest BCUT2D eigenvalue weighted by Crippen LogP contribution is -2.33. The van der Waals surface area contributed by atoms with Crippen molar-refractivity contribution in [2.24, 2.45) is 17.8 Å². The van der Waals surface area contributed by atoms with E-state index in [0.29, 0.717) is 24.9 Å². The van der Waals surface area contributed by atoms with Gasteiger partial charge >= 0.3 is 5.97 Å². The number of ether oxygens (including phenoxy) is 1. The second-order valence-corrected chi connectivity index (χ2v) is 7.45. The Kier molecular flexibility index (Phi) is 6.11. The molecule has 1 aliphatic heterocycles. The molecule has 0 spiro atoms. The number of benzene rings is 1. The van der Waals surface area contributed by atoms with Gasteiger partial charge in [0.15, 0.2) is 0 Å². The Morgan fingerprint density at radius 3 is 2.36 bits per heavy atom. The molecule has 3 rings (SSSR count). The number of hydrogen-bond donors (Lipinski definition) is 0. The van der Waals surface area contributed by atoms with Gasteiger partial charge in [-0.05, 0) is 43.6 Å². The maximum Gasteiger partial charge on any atom is 0.309 e. The lowest BCUT2D eigenvalue weighted by Gasteiger charge is -2.22. The van der Waals surface area contributed by atoms with Crippen LogP contribution in [0.2, 0.25) is 0 Å². The van der Waals surface area contributed by atoms with E-state index in [1.54, 1.807) is 0 Å². The molecule has 1 saturated heterocycles. The highest BCUT2D eigenvalue weighted by Crippen LogP contribution is 2.36. The van der Waals surface area contributed by atoms with Crippen molar-refractivity contribution in [3.8, 4) is 0 Å². The third kappa shape index (κ3) is 4.62. The number of carbonyl (C=O) groups is 2. The number of rotatable bonds is 6. The molecule has 1 amide bonds. The third-order valence-electron chi connectivity index (χ3n) is 5.69. The van der Waals surface area contributed by atoms with Gasteiger partial charge in [0.05, 0.1) is 12.5 Å². The molecule has 4 nitrogen and oxygen atoms in total. The van der Waals surface area contributed by atoms with Crippen molar-refractivity contribution in [3.63, 3.8) is 0 Å². The second-order valence-electron chi connectivity index (χ2n) is 7.45. The Bertz CT molecular complexity index is 572. The summed E-state index contributed by atoms with van der Waals surface area (Å²) in [5.74, 6) is 0.818. The molecule has 1 heterocycles. The van der Waals surface area contributed by atoms with E-state index < -0.39 is 5.92 Å². The Labute approximate surface area is 150 Å². The van der Waals surface area contributed by atoms with Gasteiger partial charge in [-0.15, -0.1) is 0 Å². The van der Waals surface area contributed by atoms with E-state index in [4.69, 9.17) is 4.74 Å². The normalized spacial score (nSPS) is 23.8. The molecule has 1 aliphatic carbocycles. The van der Waals surface area contributed by atoms with Crippen molar-refractivity contribution in [2.45, 2.75) is 45.4 Å². The van der Waals surface area contributed by atoms with Crippen LogP contribution in [0.5, 0.6) is 0 Å². The summed E-state index contributed by atoms with van der Waals surface area (Å²) in [6.45, 7) is 3.92. The average Bonchev–Trinajstić information content (AvgIpc) is 3.06. The quantitative estimate of drug-likeness (QED) is 0.743. The van der Waals surface area contributed by atoms with E-state index in [1.807, 2.05) is 42.2 Å². The number of fused-ring (bicyclic) bond motifs is 1. The molecule has 0 N–H and O–H groups in total. The number of esters is 1. The molecule has 0 radical (unpaired) electrons. The third-order valence-corrected chi connectivity index (χ3v) is 5.69. The Balaban J connectivity index is 1.62. The number of carbonyl (C=O) groups excluding carboxylic acids is 2. The van der Waals surface area contributed by atoms with E-state index in [2.05, 4.69) is 0 Å². The van der Waals surface area contributed by atoms with Crippen LogP contribution in [0.1, 0.15) is 44.6 Å². The van der Waals surface area contributed by atoms with E-state index in [1.165, 1.54) is 25.7 Å². The SMILES string of the molecule is CCOC(=O)C(CC(=O)N1C[C@H]2CCCC[C@H]2C1)Cc1ccccc1. The van der Waals surface area contributed by atoms with Gasteiger partial charge < -0.3 is 9.64 Å². The molecule has 1 aromatic carbocycles. The van der Waals surface area contributed by atoms with E-state index >= 15 is 0 Å². The summed E-state index contributed by atoms with van der Waals surface area (Å²) in [6, 6.07) is 9.89. The van der Waals surface area contributed by atoms with Crippen LogP contribution in [0, 0.1) is 17.8 Å². The molecule has 1 saturated carbocycles. The van der Waals surface area contributed by atoms with Crippen LogP contribution < -0.4 is 0 Å². The van der Waals surface area contributed by atoms with Crippen LogP contribution in [0.4, 0.5) is 0 Å². The topological polar surface area (TPSA) is 46.6 Å². The Morgan fingerprint density at radius 2 is 1.76 bits per heavy atom. The fourth-order valence-electron chi connectivity index (χ4n) is 4.35. The molecule has 0 aromatic heterocycles. The van der Waals surface area contributed by atoms with Gasteiger partial charge in [0.2, 0.25) is 5.91 Å². The molecule has 0 bridgehead atoms. The summed E-state index contributed by atoms with van der Waals surface area (Å²) in [4.78, 5) is 27.2. The first kappa shape index (κ1) is 18.0. The fourth-order valence-corrected chi connectivity index (χ4v) is 4.35. The lowest BCUT2D eigenvalue weighted by atomic mass is 9.82. The summed E-state index contributed by atoms with van der Waals surface area (Å²) < 4.78 is 5.22. The summed E-state index contributed by atoms with van der Waals surface area (Å²) in [6.07, 6.45) is 5.91. The fraction of sp³-hybridized carbons (Fsp3) is 0.619. The van der Waals surface area contributed by atoms with Gasteiger partial charge in [-0.1, -0.05) is 43.2 Å². The van der Waals surface area contributed by atoms with Crippen LogP contribution in [-0.4, -0.2) is 36.5 Å².